The molecular formula is C25H28N4O3. The molecule has 166 valence electrons. The Morgan fingerprint density at radius 1 is 1.12 bits per heavy atom. The highest BCUT2D eigenvalue weighted by molar-refractivity contribution is 6.07. The Morgan fingerprint density at radius 3 is 2.75 bits per heavy atom. The zero-order valence-electron chi connectivity index (χ0n) is 18.7. The molecule has 0 bridgehead atoms. The van der Waals surface area contributed by atoms with Crippen molar-refractivity contribution in [1.82, 2.24) is 19.7 Å². The second-order valence-corrected chi connectivity index (χ2v) is 8.10. The zero-order valence-corrected chi connectivity index (χ0v) is 18.7. The largest absolute Gasteiger partial charge is 0.385 e. The fraction of sp³-hybridized carbons (Fsp3) is 0.320. The molecule has 1 N–H and O–H groups in total. The Hall–Kier alpha value is -3.45. The topological polar surface area (TPSA) is 78.2 Å². The maximum absolute atomic E-state index is 13.5. The third-order valence-corrected chi connectivity index (χ3v) is 5.75. The fourth-order valence-electron chi connectivity index (χ4n) is 4.05. The minimum Gasteiger partial charge on any atom is -0.385 e. The molecule has 0 atom stereocenters. The van der Waals surface area contributed by atoms with Crippen LogP contribution in [-0.4, -0.2) is 40.5 Å². The number of hydrogen-bond donors (Lipinski definition) is 1. The minimum absolute atomic E-state index is 0.118. The molecule has 7 heteroatoms. The molecule has 0 saturated carbocycles. The third-order valence-electron chi connectivity index (χ3n) is 5.75. The summed E-state index contributed by atoms with van der Waals surface area (Å²) in [6.07, 6.45) is 2.41. The van der Waals surface area contributed by atoms with E-state index in [4.69, 9.17) is 4.74 Å². The quantitative estimate of drug-likeness (QED) is 0.434. The van der Waals surface area contributed by atoms with E-state index < -0.39 is 0 Å². The summed E-state index contributed by atoms with van der Waals surface area (Å²) in [5.41, 5.74) is 4.78. The van der Waals surface area contributed by atoms with Gasteiger partial charge in [-0.3, -0.25) is 9.59 Å². The lowest BCUT2D eigenvalue weighted by molar-refractivity contribution is -0.121. The van der Waals surface area contributed by atoms with Gasteiger partial charge in [0.15, 0.2) is 0 Å². The first-order chi connectivity index (χ1) is 15.5. The zero-order chi connectivity index (χ0) is 22.7. The molecule has 2 aromatic heterocycles. The number of methoxy groups -OCH3 is 1. The molecule has 0 spiro atoms. The van der Waals surface area contributed by atoms with Gasteiger partial charge in [0.05, 0.1) is 6.20 Å². The smallest absolute Gasteiger partial charge is 0.291 e. The number of amides is 1. The standard InChI is InChI=1S/C25H28N4O3/c1-17-9-10-18(2)19(13-17)15-28-22-8-5-4-7-20(22)21-14-27-29(25(31)24(21)28)16-23(30)26-11-6-12-32-3/h4-5,7-10,13-14H,6,11-12,15-16H2,1-3H3,(H,26,30). The van der Waals surface area contributed by atoms with E-state index in [1.165, 1.54) is 15.8 Å². The van der Waals surface area contributed by atoms with E-state index in [9.17, 15) is 9.59 Å². The number of aryl methyl sites for hydroxylation is 2. The molecule has 0 aliphatic carbocycles. The van der Waals surface area contributed by atoms with E-state index in [-0.39, 0.29) is 18.0 Å². The summed E-state index contributed by atoms with van der Waals surface area (Å²) in [4.78, 5) is 25.8. The Labute approximate surface area is 186 Å². The van der Waals surface area contributed by atoms with Gasteiger partial charge in [-0.2, -0.15) is 5.10 Å². The molecule has 0 aliphatic rings. The number of carbonyl (C=O) groups excluding carboxylic acids is 1. The molecule has 2 aromatic carbocycles. The van der Waals surface area contributed by atoms with E-state index in [0.717, 1.165) is 21.9 Å². The average Bonchev–Trinajstić information content (AvgIpc) is 3.10. The highest BCUT2D eigenvalue weighted by Crippen LogP contribution is 2.27. The summed E-state index contributed by atoms with van der Waals surface area (Å²) in [7, 11) is 1.62. The van der Waals surface area contributed by atoms with Gasteiger partial charge in [0.2, 0.25) is 5.91 Å². The molecule has 1 amide bonds. The number of aromatic nitrogens is 3. The molecule has 0 saturated heterocycles. The van der Waals surface area contributed by atoms with Gasteiger partial charge in [-0.1, -0.05) is 42.0 Å². The first-order valence-corrected chi connectivity index (χ1v) is 10.8. The molecular weight excluding hydrogens is 404 g/mol. The van der Waals surface area contributed by atoms with E-state index >= 15 is 0 Å². The van der Waals surface area contributed by atoms with Crippen molar-refractivity contribution in [2.24, 2.45) is 0 Å². The monoisotopic (exact) mass is 432 g/mol. The lowest BCUT2D eigenvalue weighted by Gasteiger charge is -2.12. The van der Waals surface area contributed by atoms with Crippen LogP contribution in [0.2, 0.25) is 0 Å². The molecule has 0 fully saturated rings. The van der Waals surface area contributed by atoms with Crippen LogP contribution < -0.4 is 10.9 Å². The van der Waals surface area contributed by atoms with Crippen LogP contribution in [0.3, 0.4) is 0 Å². The van der Waals surface area contributed by atoms with Crippen molar-refractivity contribution >= 4 is 27.7 Å². The van der Waals surface area contributed by atoms with E-state index in [1.54, 1.807) is 13.3 Å². The van der Waals surface area contributed by atoms with Crippen LogP contribution in [0.25, 0.3) is 21.8 Å². The highest BCUT2D eigenvalue weighted by atomic mass is 16.5. The molecule has 7 nitrogen and oxygen atoms in total. The molecule has 0 radical (unpaired) electrons. The van der Waals surface area contributed by atoms with Crippen LogP contribution in [0.15, 0.2) is 53.5 Å². The number of carbonyl (C=O) groups is 1. The summed E-state index contributed by atoms with van der Waals surface area (Å²) in [6, 6.07) is 14.3. The second kappa shape index (κ2) is 9.36. The van der Waals surface area contributed by atoms with Crippen molar-refractivity contribution in [3.63, 3.8) is 0 Å². The van der Waals surface area contributed by atoms with Gasteiger partial charge >= 0.3 is 0 Å². The number of nitrogens with zero attached hydrogens (tertiary/aromatic N) is 3. The van der Waals surface area contributed by atoms with Gasteiger partial charge in [-0.25, -0.2) is 4.68 Å². The predicted molar refractivity (Wildman–Crippen MR) is 126 cm³/mol. The first-order valence-electron chi connectivity index (χ1n) is 10.8. The molecule has 0 unspecified atom stereocenters. The van der Waals surface area contributed by atoms with Gasteiger partial charge in [0.25, 0.3) is 5.56 Å². The van der Waals surface area contributed by atoms with E-state index in [2.05, 4.69) is 42.5 Å². The maximum atomic E-state index is 13.5. The summed E-state index contributed by atoms with van der Waals surface area (Å²) < 4.78 is 8.28. The van der Waals surface area contributed by atoms with E-state index in [1.807, 2.05) is 28.8 Å². The van der Waals surface area contributed by atoms with Crippen molar-refractivity contribution < 1.29 is 9.53 Å². The fourth-order valence-corrected chi connectivity index (χ4v) is 4.05. The number of fused-ring (bicyclic) bond motifs is 3. The Kier molecular flexibility index (Phi) is 6.37. The highest BCUT2D eigenvalue weighted by Gasteiger charge is 2.17. The van der Waals surface area contributed by atoms with Crippen LogP contribution >= 0.6 is 0 Å². The number of hydrogen-bond acceptors (Lipinski definition) is 4. The van der Waals surface area contributed by atoms with Crippen LogP contribution in [0.4, 0.5) is 0 Å². The van der Waals surface area contributed by atoms with Crippen molar-refractivity contribution in [2.45, 2.75) is 33.4 Å². The number of para-hydroxylation sites is 1. The first kappa shape index (κ1) is 21.8. The summed E-state index contributed by atoms with van der Waals surface area (Å²) in [5.74, 6) is -0.243. The van der Waals surface area contributed by atoms with Gasteiger partial charge in [0, 0.05) is 43.1 Å². The SMILES string of the molecule is COCCCNC(=O)Cn1ncc2c3ccccc3n(Cc3cc(C)ccc3C)c2c1=O. The average molecular weight is 433 g/mol. The lowest BCUT2D eigenvalue weighted by atomic mass is 10.1. The number of ether oxygens (including phenoxy) is 1. The number of benzene rings is 2. The molecule has 32 heavy (non-hydrogen) atoms. The van der Waals surface area contributed by atoms with Crippen molar-refractivity contribution in [1.29, 1.82) is 0 Å². The van der Waals surface area contributed by atoms with Crippen molar-refractivity contribution in [3.05, 3.63) is 75.7 Å². The van der Waals surface area contributed by atoms with Gasteiger partial charge in [-0.15, -0.1) is 0 Å². The van der Waals surface area contributed by atoms with Crippen molar-refractivity contribution in [3.8, 4) is 0 Å². The maximum Gasteiger partial charge on any atom is 0.291 e. The second-order valence-electron chi connectivity index (χ2n) is 8.10. The molecule has 2 heterocycles. The Bertz CT molecular complexity index is 1340. The van der Waals surface area contributed by atoms with E-state index in [0.29, 0.717) is 31.6 Å². The minimum atomic E-state index is -0.268. The van der Waals surface area contributed by atoms with Crippen LogP contribution in [0.5, 0.6) is 0 Å². The van der Waals surface area contributed by atoms with Gasteiger partial charge < -0.3 is 14.6 Å². The summed E-state index contributed by atoms with van der Waals surface area (Å²) in [5, 5.41) is 8.89. The van der Waals surface area contributed by atoms with Crippen LogP contribution in [-0.2, 0) is 22.6 Å². The predicted octanol–water partition coefficient (Wildman–Crippen LogP) is 3.17. The summed E-state index contributed by atoms with van der Waals surface area (Å²) in [6.45, 7) is 5.67. The Morgan fingerprint density at radius 2 is 1.94 bits per heavy atom. The third kappa shape index (κ3) is 4.29. The molecule has 4 aromatic rings. The number of nitrogens with one attached hydrogen (secondary N) is 1. The summed E-state index contributed by atoms with van der Waals surface area (Å²) >= 11 is 0. The van der Waals surface area contributed by atoms with Crippen LogP contribution in [0, 0.1) is 13.8 Å². The van der Waals surface area contributed by atoms with Gasteiger partial charge in [0.1, 0.15) is 12.1 Å². The molecule has 0 aliphatic heterocycles. The molecule has 4 rings (SSSR count). The van der Waals surface area contributed by atoms with Gasteiger partial charge in [-0.05, 0) is 37.5 Å². The lowest BCUT2D eigenvalue weighted by Crippen LogP contribution is -2.34. The number of rotatable bonds is 8. The normalized spacial score (nSPS) is 11.3. The van der Waals surface area contributed by atoms with Crippen molar-refractivity contribution in [2.75, 3.05) is 20.3 Å². The van der Waals surface area contributed by atoms with Crippen LogP contribution in [0.1, 0.15) is 23.1 Å². The Balaban J connectivity index is 1.76.